The minimum absolute atomic E-state index is 0.153. The highest BCUT2D eigenvalue weighted by Crippen LogP contribution is 2.29. The predicted molar refractivity (Wildman–Crippen MR) is 139 cm³/mol. The summed E-state index contributed by atoms with van der Waals surface area (Å²) in [4.78, 5) is 27.3. The van der Waals surface area contributed by atoms with Crippen molar-refractivity contribution in [2.45, 2.75) is 25.9 Å². The van der Waals surface area contributed by atoms with Crippen LogP contribution in [0.3, 0.4) is 0 Å². The van der Waals surface area contributed by atoms with Crippen molar-refractivity contribution in [3.05, 3.63) is 77.7 Å². The number of methoxy groups -OCH3 is 1. The zero-order chi connectivity index (χ0) is 24.6. The minimum atomic E-state index is -0.418. The molecule has 2 heterocycles. The lowest BCUT2D eigenvalue weighted by atomic mass is 10.0. The highest BCUT2D eigenvalue weighted by Gasteiger charge is 2.29. The molecule has 0 saturated carbocycles. The average Bonchev–Trinajstić information content (AvgIpc) is 2.91. The molecule has 0 spiro atoms. The third-order valence-electron chi connectivity index (χ3n) is 6.16. The number of hydrogen-bond acceptors (Lipinski definition) is 6. The van der Waals surface area contributed by atoms with Gasteiger partial charge in [-0.2, -0.15) is 11.8 Å². The van der Waals surface area contributed by atoms with Gasteiger partial charge < -0.3 is 14.5 Å². The van der Waals surface area contributed by atoms with E-state index < -0.39 is 5.82 Å². The number of thioether (sulfide) groups is 1. The maximum atomic E-state index is 15.0. The quantitative estimate of drug-likeness (QED) is 0.422. The van der Waals surface area contributed by atoms with Gasteiger partial charge in [-0.1, -0.05) is 49.4 Å². The molecule has 0 bridgehead atoms. The molecule has 8 heteroatoms. The van der Waals surface area contributed by atoms with Crippen LogP contribution in [0.1, 0.15) is 29.3 Å². The molecule has 1 amide bonds. The Kier molecular flexibility index (Phi) is 8.71. The van der Waals surface area contributed by atoms with Gasteiger partial charge in [0, 0.05) is 50.0 Å². The van der Waals surface area contributed by atoms with E-state index in [0.29, 0.717) is 36.8 Å². The summed E-state index contributed by atoms with van der Waals surface area (Å²) in [6.07, 6.45) is 2.28. The predicted octanol–water partition coefficient (Wildman–Crippen LogP) is 4.90. The lowest BCUT2D eigenvalue weighted by Gasteiger charge is -2.32. The molecule has 4 rings (SSSR count). The van der Waals surface area contributed by atoms with Gasteiger partial charge in [-0.05, 0) is 24.1 Å². The highest BCUT2D eigenvalue weighted by atomic mass is 32.2. The molecular formula is C27H31FN4O2S. The molecule has 0 aliphatic carbocycles. The van der Waals surface area contributed by atoms with Crippen LogP contribution < -0.4 is 4.90 Å². The fraction of sp³-hybridized carbons (Fsp3) is 0.370. The Morgan fingerprint density at radius 2 is 1.86 bits per heavy atom. The van der Waals surface area contributed by atoms with Crippen molar-refractivity contribution < 1.29 is 13.9 Å². The van der Waals surface area contributed by atoms with Gasteiger partial charge in [-0.15, -0.1) is 0 Å². The maximum absolute atomic E-state index is 15.0. The third-order valence-corrected chi connectivity index (χ3v) is 7.10. The first-order valence-corrected chi connectivity index (χ1v) is 13.1. The average molecular weight is 495 g/mol. The van der Waals surface area contributed by atoms with Gasteiger partial charge in [-0.25, -0.2) is 14.4 Å². The van der Waals surface area contributed by atoms with E-state index in [2.05, 4.69) is 9.88 Å². The fourth-order valence-corrected chi connectivity index (χ4v) is 5.13. The number of carbonyl (C=O) groups excluding carboxylic acids is 1. The normalized spacial score (nSPS) is 14.5. The number of rotatable bonds is 9. The number of ether oxygens (including phenoxy) is 1. The molecule has 1 aliphatic heterocycles. The molecule has 3 aromatic rings. The monoisotopic (exact) mass is 494 g/mol. The van der Waals surface area contributed by atoms with E-state index in [1.165, 1.54) is 6.07 Å². The molecule has 1 aliphatic rings. The standard InChI is InChI=1S/C27H31FN4O2S/c1-3-21(19-34-2)32(18-20-9-5-4-6-10-20)26(33)23-17-29-27(31-13-15-35-16-14-31)30-25(23)22-11-7-8-12-24(22)28/h4-12,17,21H,3,13-16,18-19H2,1-2H3. The van der Waals surface area contributed by atoms with Crippen LogP contribution >= 0.6 is 11.8 Å². The summed E-state index contributed by atoms with van der Waals surface area (Å²) >= 11 is 1.89. The second kappa shape index (κ2) is 12.1. The number of anilines is 1. The summed E-state index contributed by atoms with van der Waals surface area (Å²) in [5.41, 5.74) is 1.91. The Hall–Kier alpha value is -2.97. The Morgan fingerprint density at radius 3 is 2.54 bits per heavy atom. The van der Waals surface area contributed by atoms with E-state index in [1.54, 1.807) is 36.4 Å². The molecule has 1 aromatic heterocycles. The van der Waals surface area contributed by atoms with Crippen LogP contribution in [0.15, 0.2) is 60.8 Å². The Labute approximate surface area is 210 Å². The van der Waals surface area contributed by atoms with Crippen LogP contribution in [0, 0.1) is 5.82 Å². The smallest absolute Gasteiger partial charge is 0.258 e. The molecule has 1 atom stereocenters. The van der Waals surface area contributed by atoms with Crippen molar-refractivity contribution in [1.29, 1.82) is 0 Å². The topological polar surface area (TPSA) is 58.6 Å². The van der Waals surface area contributed by atoms with Gasteiger partial charge in [0.05, 0.1) is 23.9 Å². The van der Waals surface area contributed by atoms with Gasteiger partial charge in [0.25, 0.3) is 5.91 Å². The fourth-order valence-electron chi connectivity index (χ4n) is 4.23. The summed E-state index contributed by atoms with van der Waals surface area (Å²) < 4.78 is 20.4. The lowest BCUT2D eigenvalue weighted by molar-refractivity contribution is 0.0499. The summed E-state index contributed by atoms with van der Waals surface area (Å²) in [6.45, 7) is 4.47. The van der Waals surface area contributed by atoms with Gasteiger partial charge in [-0.3, -0.25) is 4.79 Å². The third kappa shape index (κ3) is 6.00. The molecule has 0 radical (unpaired) electrons. The van der Waals surface area contributed by atoms with E-state index in [9.17, 15) is 9.18 Å². The number of nitrogens with zero attached hydrogens (tertiary/aromatic N) is 4. The number of hydrogen-bond donors (Lipinski definition) is 0. The van der Waals surface area contributed by atoms with E-state index in [4.69, 9.17) is 9.72 Å². The Bertz CT molecular complexity index is 1130. The molecule has 1 fully saturated rings. The minimum Gasteiger partial charge on any atom is -0.383 e. The zero-order valence-corrected chi connectivity index (χ0v) is 21.0. The van der Waals surface area contributed by atoms with E-state index in [-0.39, 0.29) is 17.5 Å². The van der Waals surface area contributed by atoms with Crippen LogP contribution in [0.5, 0.6) is 0 Å². The summed E-state index contributed by atoms with van der Waals surface area (Å²) in [6, 6.07) is 16.1. The molecule has 184 valence electrons. The largest absolute Gasteiger partial charge is 0.383 e. The van der Waals surface area contributed by atoms with Gasteiger partial charge in [0.15, 0.2) is 0 Å². The van der Waals surface area contributed by atoms with Crippen molar-refractivity contribution in [3.8, 4) is 11.3 Å². The van der Waals surface area contributed by atoms with Crippen molar-refractivity contribution in [3.63, 3.8) is 0 Å². The first-order valence-electron chi connectivity index (χ1n) is 11.9. The first-order chi connectivity index (χ1) is 17.1. The number of amides is 1. The summed E-state index contributed by atoms with van der Waals surface area (Å²) in [7, 11) is 1.63. The second-order valence-electron chi connectivity index (χ2n) is 8.45. The summed E-state index contributed by atoms with van der Waals surface area (Å²) in [5.74, 6) is 1.84. The van der Waals surface area contributed by atoms with Gasteiger partial charge in [0.1, 0.15) is 5.82 Å². The van der Waals surface area contributed by atoms with E-state index in [1.807, 2.05) is 49.0 Å². The Balaban J connectivity index is 1.78. The molecule has 35 heavy (non-hydrogen) atoms. The zero-order valence-electron chi connectivity index (χ0n) is 20.2. The van der Waals surface area contributed by atoms with Crippen molar-refractivity contribution in [1.82, 2.24) is 14.9 Å². The van der Waals surface area contributed by atoms with Crippen LogP contribution in [-0.2, 0) is 11.3 Å². The van der Waals surface area contributed by atoms with Crippen molar-refractivity contribution >= 4 is 23.6 Å². The molecule has 6 nitrogen and oxygen atoms in total. The number of benzene rings is 2. The highest BCUT2D eigenvalue weighted by molar-refractivity contribution is 7.99. The molecule has 1 unspecified atom stereocenters. The first kappa shape index (κ1) is 25.1. The molecule has 2 aromatic carbocycles. The van der Waals surface area contributed by atoms with Crippen molar-refractivity contribution in [2.75, 3.05) is 43.2 Å². The molecule has 1 saturated heterocycles. The van der Waals surface area contributed by atoms with Crippen molar-refractivity contribution in [2.24, 2.45) is 0 Å². The number of halogens is 1. The van der Waals surface area contributed by atoms with Crippen LogP contribution in [0.2, 0.25) is 0 Å². The maximum Gasteiger partial charge on any atom is 0.258 e. The SMILES string of the molecule is CCC(COC)N(Cc1ccccc1)C(=O)c1cnc(N2CCSCC2)nc1-c1ccccc1F. The van der Waals surface area contributed by atoms with Gasteiger partial charge >= 0.3 is 0 Å². The lowest BCUT2D eigenvalue weighted by Crippen LogP contribution is -2.42. The molecule has 0 N–H and O–H groups in total. The van der Waals surface area contributed by atoms with Crippen LogP contribution in [0.25, 0.3) is 11.3 Å². The van der Waals surface area contributed by atoms with Crippen LogP contribution in [0.4, 0.5) is 10.3 Å². The van der Waals surface area contributed by atoms with Gasteiger partial charge in [0.2, 0.25) is 5.95 Å². The van der Waals surface area contributed by atoms with E-state index >= 15 is 0 Å². The Morgan fingerprint density at radius 1 is 1.14 bits per heavy atom. The summed E-state index contributed by atoms with van der Waals surface area (Å²) in [5, 5.41) is 0. The number of carbonyl (C=O) groups is 1. The number of aromatic nitrogens is 2. The second-order valence-corrected chi connectivity index (χ2v) is 9.67. The van der Waals surface area contributed by atoms with E-state index in [0.717, 1.165) is 30.2 Å². The van der Waals surface area contributed by atoms with Crippen LogP contribution in [-0.4, -0.2) is 65.1 Å². The molecular weight excluding hydrogens is 463 g/mol.